The summed E-state index contributed by atoms with van der Waals surface area (Å²) in [5.74, 6) is 2.34. The molecular formula is C48H70O5. The van der Waals surface area contributed by atoms with Crippen LogP contribution in [0.25, 0.3) is 0 Å². The molecule has 0 aliphatic heterocycles. The maximum atomic E-state index is 14.4. The highest BCUT2D eigenvalue weighted by Gasteiger charge is 2.70. The largest absolute Gasteiger partial charge is 0.392 e. The first-order chi connectivity index (χ1) is 25.4. The van der Waals surface area contributed by atoms with E-state index in [1.807, 2.05) is 6.08 Å². The van der Waals surface area contributed by atoms with E-state index in [-0.39, 0.29) is 40.8 Å². The van der Waals surface area contributed by atoms with Crippen LogP contribution in [0, 0.1) is 69.5 Å². The summed E-state index contributed by atoms with van der Waals surface area (Å²) in [6.45, 7) is 7.17. The monoisotopic (exact) mass is 727 g/mol. The Hall–Kier alpha value is -1.27. The van der Waals surface area contributed by atoms with Crippen molar-refractivity contribution in [2.75, 3.05) is 0 Å². The molecule has 10 aliphatic rings. The Labute approximate surface area is 319 Å². The summed E-state index contributed by atoms with van der Waals surface area (Å²) in [6, 6.07) is 0. The molecule has 0 bridgehead atoms. The number of aliphatic hydroxyl groups is 4. The lowest BCUT2D eigenvalue weighted by Gasteiger charge is -2.64. The third-order valence-electron chi connectivity index (χ3n) is 19.5. The van der Waals surface area contributed by atoms with E-state index in [0.717, 1.165) is 56.9 Å². The summed E-state index contributed by atoms with van der Waals surface area (Å²) >= 11 is 0. The first kappa shape index (κ1) is 36.1. The fourth-order valence-corrected chi connectivity index (χ4v) is 17.6. The number of carbonyl (C=O) groups excluding carboxylic acids is 1. The van der Waals surface area contributed by atoms with Gasteiger partial charge in [-0.3, -0.25) is 4.79 Å². The minimum absolute atomic E-state index is 0.0701. The van der Waals surface area contributed by atoms with Crippen LogP contribution in [0.3, 0.4) is 0 Å². The van der Waals surface area contributed by atoms with Crippen LogP contribution in [0.1, 0.15) is 162 Å². The van der Waals surface area contributed by atoms with Crippen LogP contribution in [0.5, 0.6) is 0 Å². The van der Waals surface area contributed by atoms with Crippen molar-refractivity contribution < 1.29 is 25.2 Å². The van der Waals surface area contributed by atoms with Crippen molar-refractivity contribution >= 4 is 5.78 Å². The highest BCUT2D eigenvalue weighted by Crippen LogP contribution is 2.72. The van der Waals surface area contributed by atoms with Gasteiger partial charge in [0.1, 0.15) is 0 Å². The first-order valence-corrected chi connectivity index (χ1v) is 22.9. The second-order valence-electron chi connectivity index (χ2n) is 21.5. The van der Waals surface area contributed by atoms with Crippen LogP contribution in [0.15, 0.2) is 33.9 Å². The van der Waals surface area contributed by atoms with Crippen LogP contribution in [-0.4, -0.2) is 50.1 Å². The van der Waals surface area contributed by atoms with Crippen molar-refractivity contribution in [1.29, 1.82) is 0 Å². The molecule has 0 amide bonds. The lowest BCUT2D eigenvalue weighted by atomic mass is 9.41. The molecule has 0 aromatic heterocycles. The van der Waals surface area contributed by atoms with Gasteiger partial charge in [0, 0.05) is 23.2 Å². The molecule has 5 nitrogen and oxygen atoms in total. The Morgan fingerprint density at radius 1 is 0.755 bits per heavy atom. The van der Waals surface area contributed by atoms with Crippen molar-refractivity contribution in [2.45, 2.75) is 186 Å². The summed E-state index contributed by atoms with van der Waals surface area (Å²) in [5.41, 5.74) is 6.41. The molecular weight excluding hydrogens is 657 g/mol. The maximum Gasteiger partial charge on any atom is 0.159 e. The Bertz CT molecular complexity index is 1590. The normalized spacial score (nSPS) is 49.4. The summed E-state index contributed by atoms with van der Waals surface area (Å²) in [6.07, 6.45) is 24.0. The molecule has 0 saturated heterocycles. The SMILES string of the molecule is CC(C)C1=C2CCCC3(CCCC3)[C@H]2C2=C3[C@H](CCC2)C[C@@H]([C@H]2CC[C@@]4(O)C5=CC(=O)[C@@H]6C[C@@H](O)[C@@H](O)C[C@]6(C6CCCCC6)[C@H]5CC[C@]24C)[C@H](O)[C@@H]13. The lowest BCUT2D eigenvalue weighted by Crippen LogP contribution is -2.64. The van der Waals surface area contributed by atoms with Gasteiger partial charge in [-0.05, 0) is 167 Å². The Morgan fingerprint density at radius 2 is 1.49 bits per heavy atom. The quantitative estimate of drug-likeness (QED) is 0.218. The number of allylic oxidation sites excluding steroid dienone is 3. The summed E-state index contributed by atoms with van der Waals surface area (Å²) in [4.78, 5) is 14.4. The van der Waals surface area contributed by atoms with Crippen LogP contribution in [-0.2, 0) is 4.79 Å². The van der Waals surface area contributed by atoms with E-state index in [1.165, 1.54) is 70.6 Å². The van der Waals surface area contributed by atoms with Crippen LogP contribution >= 0.6 is 0 Å². The van der Waals surface area contributed by atoms with Crippen molar-refractivity contribution in [3.63, 3.8) is 0 Å². The minimum atomic E-state index is -1.08. The second-order valence-corrected chi connectivity index (χ2v) is 21.5. The van der Waals surface area contributed by atoms with Gasteiger partial charge in [0.05, 0.1) is 23.9 Å². The van der Waals surface area contributed by atoms with E-state index < -0.39 is 29.3 Å². The molecule has 53 heavy (non-hydrogen) atoms. The first-order valence-electron chi connectivity index (χ1n) is 22.9. The number of hydrogen-bond donors (Lipinski definition) is 4. The third kappa shape index (κ3) is 4.78. The topological polar surface area (TPSA) is 98.0 Å². The van der Waals surface area contributed by atoms with Gasteiger partial charge >= 0.3 is 0 Å². The standard InChI is InChI=1S/C48H70O5/c1-27(2)40-30-15-10-20-46(18-7-8-19-46)43(30)31-14-9-11-28-23-32(44(52)42(40)41(28)31)33-17-22-48(53)35-24-37(49)36-25-38(50)39(51)26-47(36,29-12-5-4-6-13-29)34(35)16-21-45(33,48)3/h24,27-29,32-34,36,38-39,42-44,50-53H,4-23,25-26H2,1-3H3/t28-,32+,33-,34+,36+,38-,39+,42+,43-,44+,45-,47+,48-/m1/s1. The highest BCUT2D eigenvalue weighted by molar-refractivity contribution is 5.95. The molecule has 13 atom stereocenters. The number of hydrogen-bond acceptors (Lipinski definition) is 5. The van der Waals surface area contributed by atoms with E-state index in [1.54, 1.807) is 22.3 Å². The average molecular weight is 727 g/mol. The van der Waals surface area contributed by atoms with Gasteiger partial charge in [0.25, 0.3) is 0 Å². The average Bonchev–Trinajstić information content (AvgIpc) is 3.72. The third-order valence-corrected chi connectivity index (χ3v) is 19.5. The molecule has 292 valence electrons. The minimum Gasteiger partial charge on any atom is -0.392 e. The molecule has 7 fully saturated rings. The molecule has 0 aromatic rings. The summed E-state index contributed by atoms with van der Waals surface area (Å²) in [5, 5.41) is 48.7. The fourth-order valence-electron chi connectivity index (χ4n) is 17.6. The molecule has 10 rings (SSSR count). The molecule has 0 unspecified atom stereocenters. The van der Waals surface area contributed by atoms with Gasteiger partial charge in [-0.2, -0.15) is 0 Å². The van der Waals surface area contributed by atoms with Crippen LogP contribution in [0.2, 0.25) is 0 Å². The summed E-state index contributed by atoms with van der Waals surface area (Å²) in [7, 11) is 0. The van der Waals surface area contributed by atoms with E-state index in [2.05, 4.69) is 20.8 Å². The summed E-state index contributed by atoms with van der Waals surface area (Å²) < 4.78 is 0. The zero-order valence-electron chi connectivity index (χ0n) is 33.3. The molecule has 1 spiro atoms. The Balaban J connectivity index is 1.03. The molecule has 0 aromatic carbocycles. The molecule has 10 aliphatic carbocycles. The molecule has 5 heteroatoms. The van der Waals surface area contributed by atoms with Gasteiger partial charge in [0.2, 0.25) is 0 Å². The Morgan fingerprint density at radius 3 is 2.25 bits per heavy atom. The number of carbonyl (C=O) groups is 1. The predicted octanol–water partition coefficient (Wildman–Crippen LogP) is 9.17. The maximum absolute atomic E-state index is 14.4. The number of ketones is 1. The number of fused-ring (bicyclic) bond motifs is 8. The molecule has 0 radical (unpaired) electrons. The molecule has 7 saturated carbocycles. The van der Waals surface area contributed by atoms with Crippen molar-refractivity contribution in [2.24, 2.45) is 69.5 Å². The van der Waals surface area contributed by atoms with Gasteiger partial charge in [-0.1, -0.05) is 75.2 Å². The fraction of sp³-hybridized carbons (Fsp3) is 0.854. The van der Waals surface area contributed by atoms with Gasteiger partial charge in [-0.15, -0.1) is 0 Å². The zero-order chi connectivity index (χ0) is 36.7. The van der Waals surface area contributed by atoms with E-state index in [9.17, 15) is 25.2 Å². The molecule has 0 heterocycles. The van der Waals surface area contributed by atoms with Crippen molar-refractivity contribution in [1.82, 2.24) is 0 Å². The van der Waals surface area contributed by atoms with Crippen molar-refractivity contribution in [3.05, 3.63) is 33.9 Å². The predicted molar refractivity (Wildman–Crippen MR) is 207 cm³/mol. The van der Waals surface area contributed by atoms with Gasteiger partial charge in [-0.25, -0.2) is 0 Å². The van der Waals surface area contributed by atoms with Gasteiger partial charge < -0.3 is 20.4 Å². The van der Waals surface area contributed by atoms with Gasteiger partial charge in [0.15, 0.2) is 5.78 Å². The second kappa shape index (κ2) is 12.6. The van der Waals surface area contributed by atoms with E-state index in [0.29, 0.717) is 48.3 Å². The number of rotatable bonds is 3. The zero-order valence-corrected chi connectivity index (χ0v) is 33.3. The molecule has 4 N–H and O–H groups in total. The van der Waals surface area contributed by atoms with E-state index >= 15 is 0 Å². The van der Waals surface area contributed by atoms with Crippen LogP contribution in [0.4, 0.5) is 0 Å². The lowest BCUT2D eigenvalue weighted by molar-refractivity contribution is -0.174. The van der Waals surface area contributed by atoms with Crippen LogP contribution < -0.4 is 0 Å². The smallest absolute Gasteiger partial charge is 0.159 e. The van der Waals surface area contributed by atoms with E-state index in [4.69, 9.17) is 0 Å². The Kier molecular flexibility index (Phi) is 8.59. The number of aliphatic hydroxyl groups excluding tert-OH is 3. The highest BCUT2D eigenvalue weighted by atomic mass is 16.3. The van der Waals surface area contributed by atoms with Crippen molar-refractivity contribution in [3.8, 4) is 0 Å².